The first-order valence-corrected chi connectivity index (χ1v) is 7.44. The van der Waals surface area contributed by atoms with Gasteiger partial charge in [-0.2, -0.15) is 10.1 Å². The van der Waals surface area contributed by atoms with E-state index in [9.17, 15) is 0 Å². The van der Waals surface area contributed by atoms with E-state index in [0.29, 0.717) is 28.1 Å². The zero-order chi connectivity index (χ0) is 16.5. The van der Waals surface area contributed by atoms with Gasteiger partial charge in [0, 0.05) is 10.6 Å². The summed E-state index contributed by atoms with van der Waals surface area (Å²) in [6.07, 6.45) is 4.54. The Morgan fingerprint density at radius 2 is 1.96 bits per heavy atom. The molecule has 1 aromatic carbocycles. The highest BCUT2D eigenvalue weighted by Gasteiger charge is 2.10. The smallest absolute Gasteiger partial charge is 0.232 e. The Balaban J connectivity index is 0.00000182. The molecule has 9 heteroatoms. The van der Waals surface area contributed by atoms with Crippen molar-refractivity contribution in [2.24, 2.45) is 0 Å². The minimum Gasteiger partial charge on any atom is -0.305 e. The zero-order valence-electron chi connectivity index (χ0n) is 12.5. The molecule has 4 aromatic rings. The number of anilines is 2. The zero-order valence-corrected chi connectivity index (χ0v) is 13.3. The molecule has 0 atom stereocenters. The van der Waals surface area contributed by atoms with E-state index >= 15 is 0 Å². The predicted molar refractivity (Wildman–Crippen MR) is 96.7 cm³/mol. The van der Waals surface area contributed by atoms with Crippen molar-refractivity contribution in [2.45, 2.75) is 14.4 Å². The van der Waals surface area contributed by atoms with Crippen molar-refractivity contribution in [1.29, 1.82) is 0 Å². The second-order valence-electron chi connectivity index (χ2n) is 5.13. The summed E-state index contributed by atoms with van der Waals surface area (Å²) in [5.74, 6) is 1.41. The van der Waals surface area contributed by atoms with Crippen LogP contribution in [0.15, 0.2) is 37.1 Å². The van der Waals surface area contributed by atoms with Crippen LogP contribution in [0.5, 0.6) is 0 Å². The molecule has 0 bridgehead atoms. The number of aromatic nitrogens is 7. The number of hydrogen-bond donors (Lipinski definition) is 2. The fourth-order valence-corrected chi connectivity index (χ4v) is 2.61. The molecule has 8 nitrogen and oxygen atoms in total. The van der Waals surface area contributed by atoms with Crippen LogP contribution in [-0.4, -0.2) is 35.1 Å². The first kappa shape index (κ1) is 16.7. The molecular weight excluding hydrogens is 340 g/mol. The lowest BCUT2D eigenvalue weighted by Gasteiger charge is -2.05. The van der Waals surface area contributed by atoms with Crippen LogP contribution < -0.4 is 5.32 Å². The van der Waals surface area contributed by atoms with E-state index in [-0.39, 0.29) is 7.43 Å². The third kappa shape index (κ3) is 3.38. The molecule has 0 saturated heterocycles. The lowest BCUT2D eigenvalue weighted by Crippen LogP contribution is -2.01. The molecule has 0 saturated carbocycles. The van der Waals surface area contributed by atoms with Gasteiger partial charge in [-0.05, 0) is 30.7 Å². The molecule has 0 aliphatic rings. The van der Waals surface area contributed by atoms with Gasteiger partial charge >= 0.3 is 0 Å². The molecule has 3 heterocycles. The van der Waals surface area contributed by atoms with Gasteiger partial charge in [-0.25, -0.2) is 19.9 Å². The van der Waals surface area contributed by atoms with E-state index in [1.54, 1.807) is 6.20 Å². The van der Waals surface area contributed by atoms with E-state index in [1.807, 2.05) is 25.1 Å². The lowest BCUT2D eigenvalue weighted by atomic mass is 10.1. The van der Waals surface area contributed by atoms with Gasteiger partial charge in [0.1, 0.15) is 23.7 Å². The van der Waals surface area contributed by atoms with Gasteiger partial charge in [0.2, 0.25) is 5.95 Å². The van der Waals surface area contributed by atoms with Crippen LogP contribution in [0.3, 0.4) is 0 Å². The summed E-state index contributed by atoms with van der Waals surface area (Å²) in [7, 11) is 0. The van der Waals surface area contributed by atoms with Gasteiger partial charge in [-0.3, -0.25) is 5.10 Å². The van der Waals surface area contributed by atoms with Crippen LogP contribution in [-0.2, 0) is 0 Å². The fraction of sp³-hybridized carbons (Fsp3) is 0.125. The van der Waals surface area contributed by atoms with Crippen molar-refractivity contribution in [2.75, 3.05) is 5.32 Å². The molecular formula is C16H15ClN8. The molecule has 2 N–H and O–H groups in total. The number of nitrogens with zero attached hydrogens (tertiary/aromatic N) is 6. The summed E-state index contributed by atoms with van der Waals surface area (Å²) >= 11 is 6.11. The number of nitrogens with one attached hydrogen (secondary N) is 2. The van der Waals surface area contributed by atoms with Crippen molar-refractivity contribution in [3.05, 3.63) is 47.6 Å². The van der Waals surface area contributed by atoms with Crippen LogP contribution in [0.4, 0.5) is 11.8 Å². The second kappa shape index (κ2) is 6.78. The SMILES string of the molecule is C.Cc1cc(Cl)cc(-c2ncnc(Nc3n[nH]c4cncnc34)n2)c1. The van der Waals surface area contributed by atoms with E-state index in [1.165, 1.54) is 12.7 Å². The molecule has 0 unspecified atom stereocenters. The Morgan fingerprint density at radius 1 is 1.08 bits per heavy atom. The van der Waals surface area contributed by atoms with Crippen molar-refractivity contribution < 1.29 is 0 Å². The molecule has 25 heavy (non-hydrogen) atoms. The predicted octanol–water partition coefficient (Wildman–Crippen LogP) is 3.55. The quantitative estimate of drug-likeness (QED) is 0.579. The van der Waals surface area contributed by atoms with Crippen molar-refractivity contribution >= 4 is 34.4 Å². The maximum absolute atomic E-state index is 6.11. The van der Waals surface area contributed by atoms with Crippen LogP contribution in [0.25, 0.3) is 22.4 Å². The first-order valence-electron chi connectivity index (χ1n) is 7.07. The summed E-state index contributed by atoms with van der Waals surface area (Å²) in [6.45, 7) is 1.96. The summed E-state index contributed by atoms with van der Waals surface area (Å²) in [5.41, 5.74) is 3.23. The average molecular weight is 355 g/mol. The van der Waals surface area contributed by atoms with E-state index < -0.39 is 0 Å². The van der Waals surface area contributed by atoms with Crippen LogP contribution in [0, 0.1) is 6.92 Å². The van der Waals surface area contributed by atoms with Crippen LogP contribution in [0.2, 0.25) is 5.02 Å². The highest BCUT2D eigenvalue weighted by Crippen LogP contribution is 2.23. The van der Waals surface area contributed by atoms with Gasteiger partial charge in [-0.15, -0.1) is 0 Å². The number of aryl methyl sites for hydroxylation is 1. The Bertz CT molecular complexity index is 1010. The van der Waals surface area contributed by atoms with Crippen LogP contribution >= 0.6 is 11.6 Å². The first-order chi connectivity index (χ1) is 11.7. The van der Waals surface area contributed by atoms with Gasteiger partial charge in [0.25, 0.3) is 0 Å². The maximum Gasteiger partial charge on any atom is 0.232 e. The van der Waals surface area contributed by atoms with Crippen molar-refractivity contribution in [1.82, 2.24) is 35.1 Å². The Kier molecular flexibility index (Phi) is 4.53. The Hall–Kier alpha value is -3.13. The Morgan fingerprint density at radius 3 is 2.80 bits per heavy atom. The number of hydrogen-bond acceptors (Lipinski definition) is 7. The molecule has 0 amide bonds. The van der Waals surface area contributed by atoms with E-state index in [4.69, 9.17) is 11.6 Å². The summed E-state index contributed by atoms with van der Waals surface area (Å²) in [6, 6.07) is 5.65. The largest absolute Gasteiger partial charge is 0.305 e. The third-order valence-electron chi connectivity index (χ3n) is 3.33. The molecule has 4 rings (SSSR count). The lowest BCUT2D eigenvalue weighted by molar-refractivity contribution is 1.05. The van der Waals surface area contributed by atoms with Gasteiger partial charge in [-0.1, -0.05) is 19.0 Å². The normalized spacial score (nSPS) is 10.5. The number of aromatic amines is 1. The minimum atomic E-state index is 0. The highest BCUT2D eigenvalue weighted by molar-refractivity contribution is 6.30. The third-order valence-corrected chi connectivity index (χ3v) is 3.55. The molecule has 0 aliphatic carbocycles. The maximum atomic E-state index is 6.11. The number of halogens is 1. The average Bonchev–Trinajstić information content (AvgIpc) is 2.97. The fourth-order valence-electron chi connectivity index (χ4n) is 2.32. The van der Waals surface area contributed by atoms with E-state index in [2.05, 4.69) is 40.4 Å². The van der Waals surface area contributed by atoms with Crippen LogP contribution in [0.1, 0.15) is 13.0 Å². The van der Waals surface area contributed by atoms with Gasteiger partial charge in [0.05, 0.1) is 6.20 Å². The summed E-state index contributed by atoms with van der Waals surface area (Å²) in [4.78, 5) is 20.9. The van der Waals surface area contributed by atoms with Gasteiger partial charge < -0.3 is 5.32 Å². The monoisotopic (exact) mass is 354 g/mol. The second-order valence-corrected chi connectivity index (χ2v) is 5.57. The summed E-state index contributed by atoms with van der Waals surface area (Å²) in [5, 5.41) is 10.7. The molecule has 126 valence electrons. The molecule has 0 spiro atoms. The van der Waals surface area contributed by atoms with Gasteiger partial charge in [0.15, 0.2) is 11.6 Å². The van der Waals surface area contributed by atoms with Crippen molar-refractivity contribution in [3.8, 4) is 11.4 Å². The molecule has 3 aromatic heterocycles. The minimum absolute atomic E-state index is 0. The molecule has 0 fully saturated rings. The molecule has 0 radical (unpaired) electrons. The Labute approximate surface area is 148 Å². The van der Waals surface area contributed by atoms with E-state index in [0.717, 1.165) is 16.6 Å². The molecule has 0 aliphatic heterocycles. The highest BCUT2D eigenvalue weighted by atomic mass is 35.5. The number of rotatable bonds is 3. The number of fused-ring (bicyclic) bond motifs is 1. The summed E-state index contributed by atoms with van der Waals surface area (Å²) < 4.78 is 0. The topological polar surface area (TPSA) is 105 Å². The number of benzene rings is 1. The van der Waals surface area contributed by atoms with Crippen molar-refractivity contribution in [3.63, 3.8) is 0 Å². The standard InChI is InChI=1S/C15H11ClN8.CH4/c1-8-2-9(4-10(16)3-8)13-19-7-20-15(21-13)22-14-12-11(23-24-14)5-17-6-18-12;/h2-7H,1H3,(H2,19,20,21,22,23,24);1H4. The number of H-pyrrole nitrogens is 1.